The summed E-state index contributed by atoms with van der Waals surface area (Å²) in [6, 6.07) is 1.35. The minimum absolute atomic E-state index is 0.185. The SMILES string of the molecule is CCOc1cc(N[C@@H]2CC(Cn3ccnc3)C[C@H]2O)c(F)cn1. The van der Waals surface area contributed by atoms with Crippen molar-refractivity contribution in [1.82, 2.24) is 14.5 Å². The molecule has 2 aromatic rings. The minimum atomic E-state index is -0.508. The van der Waals surface area contributed by atoms with Gasteiger partial charge in [0.2, 0.25) is 5.88 Å². The Morgan fingerprint density at radius 1 is 1.48 bits per heavy atom. The molecule has 2 aromatic heterocycles. The summed E-state index contributed by atoms with van der Waals surface area (Å²) in [5.74, 6) is 0.255. The normalized spacial score (nSPS) is 23.9. The number of hydrogen-bond acceptors (Lipinski definition) is 5. The highest BCUT2D eigenvalue weighted by Gasteiger charge is 2.33. The van der Waals surface area contributed by atoms with E-state index < -0.39 is 11.9 Å². The molecule has 1 saturated carbocycles. The first-order valence-electron chi connectivity index (χ1n) is 7.84. The van der Waals surface area contributed by atoms with Gasteiger partial charge >= 0.3 is 0 Å². The lowest BCUT2D eigenvalue weighted by atomic mass is 10.1. The largest absolute Gasteiger partial charge is 0.478 e. The molecular weight excluding hydrogens is 299 g/mol. The first-order chi connectivity index (χ1) is 11.2. The molecule has 124 valence electrons. The molecule has 0 saturated heterocycles. The Bertz CT molecular complexity index is 635. The predicted molar refractivity (Wildman–Crippen MR) is 83.7 cm³/mol. The van der Waals surface area contributed by atoms with E-state index in [0.29, 0.717) is 30.5 Å². The Hall–Kier alpha value is -2.15. The van der Waals surface area contributed by atoms with Gasteiger partial charge in [0.15, 0.2) is 5.82 Å². The monoisotopic (exact) mass is 320 g/mol. The lowest BCUT2D eigenvalue weighted by Crippen LogP contribution is -2.28. The number of nitrogens with one attached hydrogen (secondary N) is 1. The topological polar surface area (TPSA) is 72.2 Å². The van der Waals surface area contributed by atoms with E-state index in [-0.39, 0.29) is 6.04 Å². The maximum atomic E-state index is 13.9. The van der Waals surface area contributed by atoms with E-state index in [2.05, 4.69) is 15.3 Å². The number of aliphatic hydroxyl groups excluding tert-OH is 1. The van der Waals surface area contributed by atoms with Crippen LogP contribution in [0.5, 0.6) is 5.88 Å². The fourth-order valence-electron chi connectivity index (χ4n) is 3.07. The van der Waals surface area contributed by atoms with Crippen molar-refractivity contribution in [2.45, 2.75) is 38.5 Å². The van der Waals surface area contributed by atoms with Crippen molar-refractivity contribution in [3.8, 4) is 5.88 Å². The number of imidazole rings is 1. The molecule has 0 spiro atoms. The summed E-state index contributed by atoms with van der Waals surface area (Å²) < 4.78 is 21.2. The highest BCUT2D eigenvalue weighted by molar-refractivity contribution is 5.47. The summed E-state index contributed by atoms with van der Waals surface area (Å²) in [6.07, 6.45) is 7.49. The Balaban J connectivity index is 1.64. The molecule has 1 unspecified atom stereocenters. The molecule has 0 aliphatic heterocycles. The molecule has 2 heterocycles. The molecule has 3 rings (SSSR count). The smallest absolute Gasteiger partial charge is 0.215 e. The quantitative estimate of drug-likeness (QED) is 0.852. The molecule has 6 nitrogen and oxygen atoms in total. The van der Waals surface area contributed by atoms with Gasteiger partial charge in [-0.25, -0.2) is 14.4 Å². The van der Waals surface area contributed by atoms with Crippen LogP contribution < -0.4 is 10.1 Å². The van der Waals surface area contributed by atoms with Gasteiger partial charge in [-0.15, -0.1) is 0 Å². The van der Waals surface area contributed by atoms with Crippen LogP contribution in [0.25, 0.3) is 0 Å². The van der Waals surface area contributed by atoms with Crippen LogP contribution >= 0.6 is 0 Å². The van der Waals surface area contributed by atoms with E-state index in [9.17, 15) is 9.50 Å². The molecule has 0 bridgehead atoms. The number of halogens is 1. The summed E-state index contributed by atoms with van der Waals surface area (Å²) in [5.41, 5.74) is 0.316. The Morgan fingerprint density at radius 2 is 2.35 bits per heavy atom. The van der Waals surface area contributed by atoms with E-state index in [0.717, 1.165) is 19.2 Å². The zero-order valence-electron chi connectivity index (χ0n) is 13.0. The molecule has 0 amide bonds. The van der Waals surface area contributed by atoms with E-state index in [4.69, 9.17) is 4.74 Å². The third-order valence-corrected chi connectivity index (χ3v) is 4.12. The van der Waals surface area contributed by atoms with E-state index in [1.807, 2.05) is 17.7 Å². The van der Waals surface area contributed by atoms with Crippen molar-refractivity contribution >= 4 is 5.69 Å². The molecule has 3 atom stereocenters. The van der Waals surface area contributed by atoms with Crippen molar-refractivity contribution in [2.24, 2.45) is 5.92 Å². The van der Waals surface area contributed by atoms with Gasteiger partial charge in [-0.2, -0.15) is 0 Å². The Kier molecular flexibility index (Phi) is 4.76. The van der Waals surface area contributed by atoms with Crippen LogP contribution in [0.1, 0.15) is 19.8 Å². The maximum absolute atomic E-state index is 13.9. The van der Waals surface area contributed by atoms with E-state index >= 15 is 0 Å². The predicted octanol–water partition coefficient (Wildman–Crippen LogP) is 2.07. The van der Waals surface area contributed by atoms with Crippen molar-refractivity contribution in [1.29, 1.82) is 0 Å². The van der Waals surface area contributed by atoms with Crippen molar-refractivity contribution in [3.05, 3.63) is 36.8 Å². The molecule has 23 heavy (non-hydrogen) atoms. The average molecular weight is 320 g/mol. The first-order valence-corrected chi connectivity index (χ1v) is 7.84. The van der Waals surface area contributed by atoms with Crippen LogP contribution in [0.4, 0.5) is 10.1 Å². The Morgan fingerprint density at radius 3 is 3.09 bits per heavy atom. The third kappa shape index (κ3) is 3.79. The average Bonchev–Trinajstić information content (AvgIpc) is 3.14. The number of pyridine rings is 1. The van der Waals surface area contributed by atoms with E-state index in [1.54, 1.807) is 12.5 Å². The summed E-state index contributed by atoms with van der Waals surface area (Å²) in [4.78, 5) is 7.90. The van der Waals surface area contributed by atoms with Crippen LogP contribution in [0, 0.1) is 11.7 Å². The van der Waals surface area contributed by atoms with Crippen LogP contribution in [0.3, 0.4) is 0 Å². The number of rotatable bonds is 6. The van der Waals surface area contributed by atoms with Gasteiger partial charge in [0.1, 0.15) is 0 Å². The van der Waals surface area contributed by atoms with Crippen LogP contribution in [0.15, 0.2) is 31.0 Å². The number of ether oxygens (including phenoxy) is 1. The van der Waals surface area contributed by atoms with Crippen molar-refractivity contribution < 1.29 is 14.2 Å². The standard InChI is InChI=1S/C16H21FN4O2/c1-2-23-16-7-13(12(17)8-19-16)20-14-5-11(6-15(14)22)9-21-4-3-18-10-21/h3-4,7-8,10-11,14-15,22H,2,5-6,9H2,1H3,(H,19,20)/t11?,14-,15-/m1/s1. The van der Waals surface area contributed by atoms with Crippen LogP contribution in [-0.4, -0.2) is 38.4 Å². The lowest BCUT2D eigenvalue weighted by Gasteiger charge is -2.18. The molecule has 2 N–H and O–H groups in total. The fourth-order valence-corrected chi connectivity index (χ4v) is 3.07. The summed E-state index contributed by atoms with van der Waals surface area (Å²) in [7, 11) is 0. The number of anilines is 1. The summed E-state index contributed by atoms with van der Waals surface area (Å²) in [5, 5.41) is 13.4. The van der Waals surface area contributed by atoms with Crippen LogP contribution in [-0.2, 0) is 6.54 Å². The van der Waals surface area contributed by atoms with Gasteiger partial charge in [0.05, 0.1) is 37.0 Å². The third-order valence-electron chi connectivity index (χ3n) is 4.12. The zero-order chi connectivity index (χ0) is 16.2. The van der Waals surface area contributed by atoms with Gasteiger partial charge < -0.3 is 19.7 Å². The van der Waals surface area contributed by atoms with Gasteiger partial charge in [-0.1, -0.05) is 0 Å². The van der Waals surface area contributed by atoms with Gasteiger partial charge in [0.25, 0.3) is 0 Å². The first kappa shape index (κ1) is 15.7. The van der Waals surface area contributed by atoms with Crippen LogP contribution in [0.2, 0.25) is 0 Å². The molecule has 1 aliphatic rings. The second kappa shape index (κ2) is 6.95. The molecular formula is C16H21FN4O2. The lowest BCUT2D eigenvalue weighted by molar-refractivity contribution is 0.166. The number of aliphatic hydroxyl groups is 1. The van der Waals surface area contributed by atoms with Crippen molar-refractivity contribution in [2.75, 3.05) is 11.9 Å². The van der Waals surface area contributed by atoms with Gasteiger partial charge in [-0.05, 0) is 25.7 Å². The number of nitrogens with zero attached hydrogens (tertiary/aromatic N) is 3. The van der Waals surface area contributed by atoms with E-state index in [1.165, 1.54) is 6.07 Å². The molecule has 0 aromatic carbocycles. The molecule has 1 fully saturated rings. The Labute approximate surface area is 134 Å². The molecule has 1 aliphatic carbocycles. The second-order valence-electron chi connectivity index (χ2n) is 5.85. The summed E-state index contributed by atoms with van der Waals surface area (Å²) >= 11 is 0. The highest BCUT2D eigenvalue weighted by Crippen LogP contribution is 2.31. The molecule has 7 heteroatoms. The number of aromatic nitrogens is 3. The summed E-state index contributed by atoms with van der Waals surface area (Å²) in [6.45, 7) is 3.12. The number of hydrogen-bond donors (Lipinski definition) is 2. The van der Waals surface area contributed by atoms with Crippen molar-refractivity contribution in [3.63, 3.8) is 0 Å². The zero-order valence-corrected chi connectivity index (χ0v) is 13.0. The second-order valence-corrected chi connectivity index (χ2v) is 5.85. The van der Waals surface area contributed by atoms with Gasteiger partial charge in [0, 0.05) is 25.0 Å². The maximum Gasteiger partial charge on any atom is 0.215 e. The van der Waals surface area contributed by atoms with Gasteiger partial charge in [-0.3, -0.25) is 0 Å². The highest BCUT2D eigenvalue weighted by atomic mass is 19.1. The minimum Gasteiger partial charge on any atom is -0.478 e. The molecule has 0 radical (unpaired) electrons. The fraction of sp³-hybridized carbons (Fsp3) is 0.500.